The topological polar surface area (TPSA) is 165 Å². The van der Waals surface area contributed by atoms with Gasteiger partial charge in [0.05, 0.1) is 50.3 Å². The Hall–Kier alpha value is -2.83. The predicted octanol–water partition coefficient (Wildman–Crippen LogP) is 0.468. The Morgan fingerprint density at radius 3 is 2.37 bits per heavy atom. The molecule has 1 heterocycles. The monoisotopic (exact) mass is 383 g/mol. The number of non-ortho nitro benzene ring substituents is 1. The molecule has 0 saturated heterocycles. The quantitative estimate of drug-likeness (QED) is 0.266. The van der Waals surface area contributed by atoms with Crippen LogP contribution in [0.2, 0.25) is 0 Å². The van der Waals surface area contributed by atoms with E-state index in [4.69, 9.17) is 19.9 Å². The van der Waals surface area contributed by atoms with Crippen molar-refractivity contribution < 1.29 is 28.6 Å². The zero-order valence-corrected chi connectivity index (χ0v) is 14.6. The number of aromatic nitrogens is 2. The molecule has 0 aliphatic heterocycles. The average molecular weight is 383 g/mol. The van der Waals surface area contributed by atoms with Crippen molar-refractivity contribution in [3.8, 4) is 0 Å². The third-order valence-electron chi connectivity index (χ3n) is 3.39. The van der Waals surface area contributed by atoms with E-state index in [2.05, 4.69) is 20.3 Å². The zero-order chi connectivity index (χ0) is 19.5. The Labute approximate surface area is 154 Å². The molecule has 0 saturated carbocycles. The molecule has 3 N–H and O–H groups in total. The van der Waals surface area contributed by atoms with Crippen LogP contribution in [0.5, 0.6) is 0 Å². The number of carbonyl (C=O) groups is 1. The second kappa shape index (κ2) is 11.0. The van der Waals surface area contributed by atoms with Gasteiger partial charge in [0.1, 0.15) is 0 Å². The number of ether oxygens (including phenoxy) is 3. The fourth-order valence-corrected chi connectivity index (χ4v) is 2.12. The van der Waals surface area contributed by atoms with Gasteiger partial charge in [-0.2, -0.15) is 0 Å². The number of nitrogens with one attached hydrogen (secondary N) is 1. The minimum absolute atomic E-state index is 0.0948. The molecule has 0 radical (unpaired) electrons. The maximum absolute atomic E-state index is 10.9. The van der Waals surface area contributed by atoms with Crippen LogP contribution >= 0.6 is 0 Å². The van der Waals surface area contributed by atoms with Crippen molar-refractivity contribution in [3.05, 3.63) is 22.2 Å². The molecule has 1 amide bonds. The number of fused-ring (bicyclic) bond motifs is 1. The smallest absolute Gasteiger partial charge is 0.300 e. The van der Waals surface area contributed by atoms with Crippen LogP contribution in [0.1, 0.15) is 6.42 Å². The lowest BCUT2D eigenvalue weighted by Gasteiger charge is -2.08. The van der Waals surface area contributed by atoms with Crippen molar-refractivity contribution in [2.75, 3.05) is 51.5 Å². The van der Waals surface area contributed by atoms with E-state index in [-0.39, 0.29) is 24.2 Å². The lowest BCUT2D eigenvalue weighted by molar-refractivity contribution is -0.383. The standard InChI is InChI=1S/C15H21N5O7/c16-13(21)3-5-24-7-9-26-10-8-25-6-4-17-11-1-2-12(20(22)23)15-14(11)18-27-19-15/h1-2,17H,3-10H2,(H2,16,21). The first kappa shape index (κ1) is 20.5. The van der Waals surface area contributed by atoms with Crippen LogP contribution in [0.3, 0.4) is 0 Å². The highest BCUT2D eigenvalue weighted by atomic mass is 16.6. The molecule has 12 nitrogen and oxygen atoms in total. The van der Waals surface area contributed by atoms with Crippen LogP contribution in [0.25, 0.3) is 11.0 Å². The summed E-state index contributed by atoms with van der Waals surface area (Å²) in [6, 6.07) is 2.89. The van der Waals surface area contributed by atoms with Gasteiger partial charge in [-0.05, 0) is 16.4 Å². The van der Waals surface area contributed by atoms with E-state index < -0.39 is 10.8 Å². The number of carbonyl (C=O) groups excluding carboxylic acids is 1. The molecule has 0 bridgehead atoms. The average Bonchev–Trinajstić information content (AvgIpc) is 3.12. The molecule has 12 heteroatoms. The fraction of sp³-hybridized carbons (Fsp3) is 0.533. The first-order valence-corrected chi connectivity index (χ1v) is 8.24. The number of nitrogens with zero attached hydrogens (tertiary/aromatic N) is 3. The van der Waals surface area contributed by atoms with E-state index >= 15 is 0 Å². The summed E-state index contributed by atoms with van der Waals surface area (Å²) >= 11 is 0. The minimum atomic E-state index is -0.539. The highest BCUT2D eigenvalue weighted by molar-refractivity contribution is 5.93. The summed E-state index contributed by atoms with van der Waals surface area (Å²) in [4.78, 5) is 20.9. The number of amides is 1. The third kappa shape index (κ3) is 6.77. The summed E-state index contributed by atoms with van der Waals surface area (Å²) in [5.41, 5.74) is 5.78. The third-order valence-corrected chi connectivity index (χ3v) is 3.39. The van der Waals surface area contributed by atoms with Gasteiger partial charge in [0.15, 0.2) is 5.52 Å². The van der Waals surface area contributed by atoms with E-state index in [0.717, 1.165) is 0 Å². The minimum Gasteiger partial charge on any atom is -0.381 e. The Kier molecular flexibility index (Phi) is 8.35. The Morgan fingerprint density at radius 2 is 1.70 bits per heavy atom. The number of anilines is 1. The van der Waals surface area contributed by atoms with Crippen LogP contribution in [-0.2, 0) is 19.0 Å². The number of rotatable bonds is 14. The largest absolute Gasteiger partial charge is 0.381 e. The molecule has 148 valence electrons. The maximum atomic E-state index is 10.9. The first-order valence-electron chi connectivity index (χ1n) is 8.24. The molecule has 2 rings (SSSR count). The van der Waals surface area contributed by atoms with Crippen molar-refractivity contribution in [1.82, 2.24) is 10.3 Å². The van der Waals surface area contributed by atoms with Gasteiger partial charge in [-0.25, -0.2) is 4.63 Å². The number of nitro benzene ring substituents is 1. The van der Waals surface area contributed by atoms with Gasteiger partial charge in [0, 0.05) is 19.0 Å². The molecule has 2 aromatic rings. The highest BCUT2D eigenvalue weighted by Crippen LogP contribution is 2.28. The molecule has 27 heavy (non-hydrogen) atoms. The summed E-state index contributed by atoms with van der Waals surface area (Å²) in [6.45, 7) is 2.77. The molecule has 0 spiro atoms. The zero-order valence-electron chi connectivity index (χ0n) is 14.6. The SMILES string of the molecule is NC(=O)CCOCCOCCOCCNc1ccc([N+](=O)[O-])c2nonc12. The number of primary amides is 1. The van der Waals surface area contributed by atoms with Crippen LogP contribution in [0, 0.1) is 10.1 Å². The molecular weight excluding hydrogens is 362 g/mol. The number of nitro groups is 1. The van der Waals surface area contributed by atoms with E-state index in [1.807, 2.05) is 0 Å². The highest BCUT2D eigenvalue weighted by Gasteiger charge is 2.19. The first-order chi connectivity index (χ1) is 13.1. The summed E-state index contributed by atoms with van der Waals surface area (Å²) in [5.74, 6) is -0.396. The van der Waals surface area contributed by atoms with Crippen LogP contribution in [0.15, 0.2) is 16.8 Å². The van der Waals surface area contributed by atoms with Gasteiger partial charge in [-0.1, -0.05) is 0 Å². The van der Waals surface area contributed by atoms with Crippen molar-refractivity contribution >= 4 is 28.3 Å². The Morgan fingerprint density at radius 1 is 1.07 bits per heavy atom. The number of hydrogen-bond acceptors (Lipinski definition) is 10. The second-order valence-electron chi connectivity index (χ2n) is 5.33. The molecule has 0 fully saturated rings. The fourth-order valence-electron chi connectivity index (χ4n) is 2.12. The van der Waals surface area contributed by atoms with Crippen molar-refractivity contribution in [3.63, 3.8) is 0 Å². The summed E-state index contributed by atoms with van der Waals surface area (Å²) in [7, 11) is 0. The van der Waals surface area contributed by atoms with Crippen molar-refractivity contribution in [2.24, 2.45) is 5.73 Å². The molecule has 0 aliphatic carbocycles. The summed E-state index contributed by atoms with van der Waals surface area (Å²) in [6.07, 6.45) is 0.196. The van der Waals surface area contributed by atoms with Gasteiger partial charge >= 0.3 is 5.69 Å². The van der Waals surface area contributed by atoms with Gasteiger partial charge < -0.3 is 25.3 Å². The van der Waals surface area contributed by atoms with Crippen molar-refractivity contribution in [2.45, 2.75) is 6.42 Å². The Balaban J connectivity index is 1.56. The summed E-state index contributed by atoms with van der Waals surface area (Å²) < 4.78 is 20.5. The Bertz CT molecular complexity index is 751. The molecule has 0 aliphatic rings. The lowest BCUT2D eigenvalue weighted by atomic mass is 10.2. The summed E-state index contributed by atoms with van der Waals surface area (Å²) in [5, 5.41) is 21.2. The number of nitrogens with two attached hydrogens (primary N) is 1. The van der Waals surface area contributed by atoms with E-state index in [1.165, 1.54) is 6.07 Å². The van der Waals surface area contributed by atoms with Gasteiger partial charge in [0.2, 0.25) is 11.4 Å². The normalized spacial score (nSPS) is 11.0. The predicted molar refractivity (Wildman–Crippen MR) is 93.2 cm³/mol. The lowest BCUT2D eigenvalue weighted by Crippen LogP contribution is -2.16. The molecule has 1 aromatic carbocycles. The van der Waals surface area contributed by atoms with E-state index in [1.54, 1.807) is 6.07 Å². The molecule has 0 atom stereocenters. The van der Waals surface area contributed by atoms with Gasteiger partial charge in [0.25, 0.3) is 0 Å². The molecular formula is C15H21N5O7. The van der Waals surface area contributed by atoms with Gasteiger partial charge in [-0.15, -0.1) is 0 Å². The second-order valence-corrected chi connectivity index (χ2v) is 5.33. The molecule has 0 unspecified atom stereocenters. The maximum Gasteiger partial charge on any atom is 0.300 e. The number of benzene rings is 1. The van der Waals surface area contributed by atoms with Crippen LogP contribution in [-0.4, -0.2) is 67.3 Å². The van der Waals surface area contributed by atoms with E-state index in [0.29, 0.717) is 50.8 Å². The number of hydrogen-bond donors (Lipinski definition) is 2. The van der Waals surface area contributed by atoms with E-state index in [9.17, 15) is 14.9 Å². The van der Waals surface area contributed by atoms with Crippen LogP contribution in [0.4, 0.5) is 11.4 Å². The van der Waals surface area contributed by atoms with Gasteiger partial charge in [-0.3, -0.25) is 14.9 Å². The van der Waals surface area contributed by atoms with Crippen molar-refractivity contribution in [1.29, 1.82) is 0 Å². The van der Waals surface area contributed by atoms with Crippen LogP contribution < -0.4 is 11.1 Å². The molecule has 1 aromatic heterocycles.